The Bertz CT molecular complexity index is 1470. The van der Waals surface area contributed by atoms with E-state index in [9.17, 15) is 9.59 Å². The molecule has 0 fully saturated rings. The lowest BCUT2D eigenvalue weighted by Crippen LogP contribution is -2.24. The van der Waals surface area contributed by atoms with Crippen LogP contribution in [-0.4, -0.2) is 27.4 Å². The number of benzene rings is 2. The van der Waals surface area contributed by atoms with Gasteiger partial charge in [-0.3, -0.25) is 14.2 Å². The van der Waals surface area contributed by atoms with Crippen LogP contribution in [-0.2, 0) is 17.6 Å². The Morgan fingerprint density at radius 1 is 1.14 bits per heavy atom. The number of thioether (sulfide) groups is 1. The number of hydrogen-bond donors (Lipinski definition) is 1. The van der Waals surface area contributed by atoms with Gasteiger partial charge in [-0.2, -0.15) is 5.10 Å². The van der Waals surface area contributed by atoms with Gasteiger partial charge >= 0.3 is 0 Å². The van der Waals surface area contributed by atoms with Crippen molar-refractivity contribution in [1.82, 2.24) is 15.0 Å². The van der Waals surface area contributed by atoms with Gasteiger partial charge in [0.2, 0.25) is 0 Å². The number of rotatable bonds is 7. The number of aromatic nitrogens is 2. The zero-order valence-electron chi connectivity index (χ0n) is 20.4. The third-order valence-corrected chi connectivity index (χ3v) is 8.44. The molecule has 1 amide bonds. The van der Waals surface area contributed by atoms with E-state index in [1.165, 1.54) is 22.2 Å². The summed E-state index contributed by atoms with van der Waals surface area (Å²) in [5.41, 5.74) is 6.61. The van der Waals surface area contributed by atoms with Gasteiger partial charge in [-0.05, 0) is 60.4 Å². The van der Waals surface area contributed by atoms with Crippen LogP contribution in [0.25, 0.3) is 15.9 Å². The lowest BCUT2D eigenvalue weighted by molar-refractivity contribution is -0.118. The first-order valence-electron chi connectivity index (χ1n) is 12.2. The molecule has 0 aliphatic heterocycles. The minimum absolute atomic E-state index is 0.0589. The molecule has 6 nitrogen and oxygen atoms in total. The van der Waals surface area contributed by atoms with Gasteiger partial charge in [-0.25, -0.2) is 10.4 Å². The molecule has 0 unspecified atom stereocenters. The van der Waals surface area contributed by atoms with E-state index in [1.54, 1.807) is 22.1 Å². The molecule has 0 spiro atoms. The zero-order chi connectivity index (χ0) is 25.1. The molecule has 4 aromatic rings. The Hall–Kier alpha value is -3.23. The normalized spacial score (nSPS) is 13.4. The predicted molar refractivity (Wildman–Crippen MR) is 149 cm³/mol. The maximum atomic E-state index is 13.7. The SMILES string of the molecule is CC(C)c1ccc(/C=N\NC(=O)CSc2nc3sc4c(c3c(=O)n2-c2ccccc2)CCCC4)cc1. The first-order chi connectivity index (χ1) is 17.5. The Kier molecular flexibility index (Phi) is 7.34. The summed E-state index contributed by atoms with van der Waals surface area (Å²) in [6, 6.07) is 17.6. The van der Waals surface area contributed by atoms with Crippen LogP contribution < -0.4 is 11.0 Å². The first kappa shape index (κ1) is 24.5. The molecule has 0 atom stereocenters. The Labute approximate surface area is 218 Å². The van der Waals surface area contributed by atoms with Gasteiger partial charge in [0.15, 0.2) is 5.16 Å². The molecular formula is C28H28N4O2S2. The molecule has 2 aromatic heterocycles. The number of nitrogens with zero attached hydrogens (tertiary/aromatic N) is 3. The molecule has 1 N–H and O–H groups in total. The quantitative estimate of drug-likeness (QED) is 0.148. The number of amides is 1. The molecule has 36 heavy (non-hydrogen) atoms. The van der Waals surface area contributed by atoms with Gasteiger partial charge in [-0.1, -0.05) is 68.1 Å². The second-order valence-electron chi connectivity index (χ2n) is 9.16. The van der Waals surface area contributed by atoms with Crippen LogP contribution in [0, 0.1) is 0 Å². The minimum atomic E-state index is -0.255. The highest BCUT2D eigenvalue weighted by Crippen LogP contribution is 2.35. The van der Waals surface area contributed by atoms with Crippen molar-refractivity contribution < 1.29 is 4.79 Å². The fourth-order valence-corrected chi connectivity index (χ4v) is 6.50. The number of para-hydroxylation sites is 1. The van der Waals surface area contributed by atoms with Crippen LogP contribution in [0.15, 0.2) is 69.6 Å². The summed E-state index contributed by atoms with van der Waals surface area (Å²) in [4.78, 5) is 33.2. The number of thiophene rings is 1. The maximum Gasteiger partial charge on any atom is 0.267 e. The standard InChI is InChI=1S/C28H28N4O2S2/c1-18(2)20-14-12-19(13-15-20)16-29-31-24(33)17-35-28-30-26-25(22-10-6-7-11-23(22)36-26)27(34)32(28)21-8-4-3-5-9-21/h3-5,8-9,12-16,18H,6-7,10-11,17H2,1-2H3,(H,31,33)/b29-16-. The topological polar surface area (TPSA) is 76.3 Å². The number of nitrogens with one attached hydrogen (secondary N) is 1. The van der Waals surface area contributed by atoms with Gasteiger partial charge < -0.3 is 0 Å². The minimum Gasteiger partial charge on any atom is -0.272 e. The van der Waals surface area contributed by atoms with E-state index in [1.807, 2.05) is 42.5 Å². The molecule has 1 aliphatic carbocycles. The monoisotopic (exact) mass is 516 g/mol. The van der Waals surface area contributed by atoms with E-state index >= 15 is 0 Å². The zero-order valence-corrected chi connectivity index (χ0v) is 22.0. The lowest BCUT2D eigenvalue weighted by Gasteiger charge is -2.13. The Morgan fingerprint density at radius 2 is 1.89 bits per heavy atom. The molecule has 184 valence electrons. The molecular weight excluding hydrogens is 488 g/mol. The highest BCUT2D eigenvalue weighted by Gasteiger charge is 2.23. The van der Waals surface area contributed by atoms with Crippen LogP contribution in [0.1, 0.15) is 54.2 Å². The molecule has 8 heteroatoms. The summed E-state index contributed by atoms with van der Waals surface area (Å²) in [5, 5.41) is 5.35. The summed E-state index contributed by atoms with van der Waals surface area (Å²) >= 11 is 2.87. The third kappa shape index (κ3) is 5.15. The van der Waals surface area contributed by atoms with E-state index in [0.717, 1.165) is 52.7 Å². The Balaban J connectivity index is 1.36. The van der Waals surface area contributed by atoms with Crippen LogP contribution in [0.4, 0.5) is 0 Å². The van der Waals surface area contributed by atoms with Gasteiger partial charge in [0, 0.05) is 4.88 Å². The largest absolute Gasteiger partial charge is 0.272 e. The van der Waals surface area contributed by atoms with E-state index in [0.29, 0.717) is 11.1 Å². The predicted octanol–water partition coefficient (Wildman–Crippen LogP) is 5.69. The summed E-state index contributed by atoms with van der Waals surface area (Å²) in [7, 11) is 0. The van der Waals surface area contributed by atoms with E-state index in [2.05, 4.69) is 36.5 Å². The summed E-state index contributed by atoms with van der Waals surface area (Å²) in [6.07, 6.45) is 5.81. The molecule has 0 radical (unpaired) electrons. The maximum absolute atomic E-state index is 13.7. The van der Waals surface area contributed by atoms with Crippen LogP contribution in [0.2, 0.25) is 0 Å². The summed E-state index contributed by atoms with van der Waals surface area (Å²) < 4.78 is 1.64. The van der Waals surface area contributed by atoms with Crippen LogP contribution in [0.3, 0.4) is 0 Å². The van der Waals surface area contributed by atoms with Crippen molar-refractivity contribution in [2.75, 3.05) is 5.75 Å². The first-order valence-corrected chi connectivity index (χ1v) is 14.0. The fraction of sp³-hybridized carbons (Fsp3) is 0.286. The Morgan fingerprint density at radius 3 is 2.64 bits per heavy atom. The fourth-order valence-electron chi connectivity index (χ4n) is 4.40. The van der Waals surface area contributed by atoms with Gasteiger partial charge in [0.05, 0.1) is 23.0 Å². The number of hydrazone groups is 1. The number of carbonyl (C=O) groups is 1. The second-order valence-corrected chi connectivity index (χ2v) is 11.2. The highest BCUT2D eigenvalue weighted by molar-refractivity contribution is 7.99. The number of carbonyl (C=O) groups excluding carboxylic acids is 1. The summed E-state index contributed by atoms with van der Waals surface area (Å²) in [5.74, 6) is 0.308. The van der Waals surface area contributed by atoms with Crippen LogP contribution in [0.5, 0.6) is 0 Å². The van der Waals surface area contributed by atoms with Crippen molar-refractivity contribution in [1.29, 1.82) is 0 Å². The molecule has 0 saturated heterocycles. The van der Waals surface area contributed by atoms with Crippen molar-refractivity contribution in [2.45, 2.75) is 50.6 Å². The van der Waals surface area contributed by atoms with E-state index < -0.39 is 0 Å². The molecule has 0 saturated carbocycles. The summed E-state index contributed by atoms with van der Waals surface area (Å²) in [6.45, 7) is 4.30. The average Bonchev–Trinajstić information content (AvgIpc) is 3.27. The van der Waals surface area contributed by atoms with E-state index in [-0.39, 0.29) is 17.2 Å². The molecule has 1 aliphatic rings. The molecule has 2 aromatic carbocycles. The van der Waals surface area contributed by atoms with Crippen molar-refractivity contribution in [3.8, 4) is 5.69 Å². The van der Waals surface area contributed by atoms with Crippen molar-refractivity contribution in [3.63, 3.8) is 0 Å². The van der Waals surface area contributed by atoms with Crippen molar-refractivity contribution in [3.05, 3.63) is 86.5 Å². The lowest BCUT2D eigenvalue weighted by atomic mass is 9.97. The average molecular weight is 517 g/mol. The highest BCUT2D eigenvalue weighted by atomic mass is 32.2. The third-order valence-electron chi connectivity index (χ3n) is 6.31. The van der Waals surface area contributed by atoms with Gasteiger partial charge in [0.1, 0.15) is 4.83 Å². The number of hydrogen-bond acceptors (Lipinski definition) is 6. The smallest absolute Gasteiger partial charge is 0.267 e. The molecule has 2 heterocycles. The number of aryl methyl sites for hydroxylation is 2. The second kappa shape index (κ2) is 10.8. The van der Waals surface area contributed by atoms with Gasteiger partial charge in [-0.15, -0.1) is 11.3 Å². The molecule has 0 bridgehead atoms. The molecule has 5 rings (SSSR count). The van der Waals surface area contributed by atoms with Crippen LogP contribution >= 0.6 is 23.1 Å². The van der Waals surface area contributed by atoms with Gasteiger partial charge in [0.25, 0.3) is 11.5 Å². The van der Waals surface area contributed by atoms with E-state index in [4.69, 9.17) is 4.98 Å². The van der Waals surface area contributed by atoms with Crippen molar-refractivity contribution >= 4 is 45.4 Å². The number of fused-ring (bicyclic) bond motifs is 3. The van der Waals surface area contributed by atoms with Crippen molar-refractivity contribution in [2.24, 2.45) is 5.10 Å².